The van der Waals surface area contributed by atoms with E-state index in [0.717, 1.165) is 41.5 Å². The third-order valence-electron chi connectivity index (χ3n) is 4.50. The van der Waals surface area contributed by atoms with Gasteiger partial charge in [0.1, 0.15) is 11.3 Å². The van der Waals surface area contributed by atoms with Crippen molar-refractivity contribution in [2.75, 3.05) is 13.1 Å². The summed E-state index contributed by atoms with van der Waals surface area (Å²) in [4.78, 5) is 30.2. The highest BCUT2D eigenvalue weighted by Gasteiger charge is 2.22. The minimum Gasteiger partial charge on any atom is -0.427 e. The van der Waals surface area contributed by atoms with Crippen LogP contribution in [0.3, 0.4) is 0 Å². The third kappa shape index (κ3) is 3.99. The summed E-state index contributed by atoms with van der Waals surface area (Å²) in [6.45, 7) is 7.80. The van der Waals surface area contributed by atoms with E-state index in [1.54, 1.807) is 18.3 Å². The molecule has 1 unspecified atom stereocenters. The third-order valence-corrected chi connectivity index (χ3v) is 5.58. The maximum atomic E-state index is 12.5. The molecule has 0 aromatic carbocycles. The van der Waals surface area contributed by atoms with Gasteiger partial charge in [-0.05, 0) is 51.8 Å². The Labute approximate surface area is 150 Å². The van der Waals surface area contributed by atoms with Crippen LogP contribution in [0.2, 0.25) is 0 Å². The van der Waals surface area contributed by atoms with Crippen LogP contribution in [0.25, 0.3) is 0 Å². The summed E-state index contributed by atoms with van der Waals surface area (Å²) in [5.74, 6) is 0.463. The van der Waals surface area contributed by atoms with Crippen LogP contribution in [0.15, 0.2) is 15.3 Å². The molecule has 3 rings (SSSR count). The maximum absolute atomic E-state index is 12.5. The molecule has 1 aliphatic heterocycles. The molecule has 0 bridgehead atoms. The Morgan fingerprint density at radius 3 is 2.84 bits per heavy atom. The van der Waals surface area contributed by atoms with Crippen molar-refractivity contribution >= 4 is 17.2 Å². The number of rotatable bonds is 4. The van der Waals surface area contributed by atoms with Gasteiger partial charge in [0.15, 0.2) is 0 Å². The van der Waals surface area contributed by atoms with Crippen molar-refractivity contribution in [2.24, 2.45) is 0 Å². The van der Waals surface area contributed by atoms with Crippen molar-refractivity contribution in [2.45, 2.75) is 46.1 Å². The summed E-state index contributed by atoms with van der Waals surface area (Å²) < 4.78 is 5.46. The van der Waals surface area contributed by atoms with Crippen LogP contribution < -0.4 is 16.3 Å². The summed E-state index contributed by atoms with van der Waals surface area (Å²) in [5, 5.41) is 7.08. The molecule has 7 heteroatoms. The van der Waals surface area contributed by atoms with Gasteiger partial charge >= 0.3 is 5.63 Å². The van der Waals surface area contributed by atoms with Crippen molar-refractivity contribution in [3.05, 3.63) is 49.0 Å². The van der Waals surface area contributed by atoms with E-state index >= 15 is 0 Å². The Bertz CT molecular complexity index is 835. The van der Waals surface area contributed by atoms with E-state index in [2.05, 4.69) is 15.6 Å². The smallest absolute Gasteiger partial charge is 0.349 e. The Hall–Kier alpha value is -1.99. The van der Waals surface area contributed by atoms with E-state index in [1.807, 2.05) is 19.9 Å². The zero-order valence-corrected chi connectivity index (χ0v) is 15.6. The van der Waals surface area contributed by atoms with Crippen LogP contribution in [0.1, 0.15) is 56.0 Å². The molecule has 2 N–H and O–H groups in total. The Morgan fingerprint density at radius 2 is 2.24 bits per heavy atom. The number of aromatic nitrogens is 1. The topological polar surface area (TPSA) is 84.2 Å². The predicted molar refractivity (Wildman–Crippen MR) is 97.3 cm³/mol. The molecular weight excluding hydrogens is 338 g/mol. The molecule has 2 aromatic rings. The Balaban J connectivity index is 1.76. The fourth-order valence-corrected chi connectivity index (χ4v) is 4.06. The van der Waals surface area contributed by atoms with Crippen molar-refractivity contribution in [3.63, 3.8) is 0 Å². The largest absolute Gasteiger partial charge is 0.427 e. The molecule has 25 heavy (non-hydrogen) atoms. The first-order valence-corrected chi connectivity index (χ1v) is 9.34. The van der Waals surface area contributed by atoms with Gasteiger partial charge in [-0.2, -0.15) is 0 Å². The zero-order chi connectivity index (χ0) is 18.0. The highest BCUT2D eigenvalue weighted by atomic mass is 32.1. The van der Waals surface area contributed by atoms with E-state index in [0.29, 0.717) is 17.9 Å². The summed E-state index contributed by atoms with van der Waals surface area (Å²) in [5.41, 5.74) is 1.10. The average molecular weight is 361 g/mol. The molecule has 0 radical (unpaired) electrons. The van der Waals surface area contributed by atoms with Crippen LogP contribution in [-0.4, -0.2) is 24.0 Å². The molecule has 0 aliphatic carbocycles. The number of nitrogens with zero attached hydrogens (tertiary/aromatic N) is 1. The molecule has 0 saturated carbocycles. The molecule has 134 valence electrons. The zero-order valence-electron chi connectivity index (χ0n) is 14.8. The fourth-order valence-electron chi connectivity index (χ4n) is 3.19. The van der Waals surface area contributed by atoms with Crippen LogP contribution in [0.5, 0.6) is 0 Å². The van der Waals surface area contributed by atoms with Gasteiger partial charge in [0.25, 0.3) is 5.91 Å². The van der Waals surface area contributed by atoms with Crippen LogP contribution in [-0.2, 0) is 6.54 Å². The summed E-state index contributed by atoms with van der Waals surface area (Å²) in [6, 6.07) is 1.83. The van der Waals surface area contributed by atoms with Gasteiger partial charge in [-0.3, -0.25) is 4.79 Å². The highest BCUT2D eigenvalue weighted by Crippen LogP contribution is 2.23. The van der Waals surface area contributed by atoms with Crippen LogP contribution in [0, 0.1) is 20.8 Å². The second-order valence-corrected chi connectivity index (χ2v) is 7.75. The minimum absolute atomic E-state index is 0.0893. The molecule has 0 spiro atoms. The number of thiazole rings is 1. The number of amides is 1. The van der Waals surface area contributed by atoms with Gasteiger partial charge < -0.3 is 15.1 Å². The Morgan fingerprint density at radius 1 is 1.44 bits per heavy atom. The van der Waals surface area contributed by atoms with Gasteiger partial charge in [-0.25, -0.2) is 9.78 Å². The average Bonchev–Trinajstić information content (AvgIpc) is 2.90. The number of aryl methyl sites for hydroxylation is 3. The van der Waals surface area contributed by atoms with Crippen molar-refractivity contribution in [1.29, 1.82) is 0 Å². The lowest BCUT2D eigenvalue weighted by Gasteiger charge is -2.22. The number of piperidine rings is 1. The molecule has 3 heterocycles. The van der Waals surface area contributed by atoms with Crippen molar-refractivity contribution < 1.29 is 9.21 Å². The lowest BCUT2D eigenvalue weighted by atomic mass is 9.95. The van der Waals surface area contributed by atoms with Crippen LogP contribution in [0.4, 0.5) is 0 Å². The maximum Gasteiger partial charge on any atom is 0.349 e. The second-order valence-electron chi connectivity index (χ2n) is 6.46. The minimum atomic E-state index is -0.560. The highest BCUT2D eigenvalue weighted by molar-refractivity contribution is 7.11. The number of hydrogen-bond acceptors (Lipinski definition) is 6. The van der Waals surface area contributed by atoms with Gasteiger partial charge in [0.05, 0.1) is 17.2 Å². The normalized spacial score (nSPS) is 17.5. The number of carbonyl (C=O) groups excluding carboxylic acids is 1. The molecule has 1 aliphatic rings. The molecule has 1 saturated heterocycles. The van der Waals surface area contributed by atoms with Gasteiger partial charge in [-0.1, -0.05) is 0 Å². The van der Waals surface area contributed by atoms with E-state index in [-0.39, 0.29) is 11.5 Å². The molecule has 1 atom stereocenters. The summed E-state index contributed by atoms with van der Waals surface area (Å²) in [7, 11) is 0. The first-order valence-electron chi connectivity index (χ1n) is 8.52. The summed E-state index contributed by atoms with van der Waals surface area (Å²) in [6.07, 6.45) is 2.05. The standard InChI is InChI=1S/C18H23N3O3S/c1-10-7-14(13-5-4-6-19-8-13)24-18(23)16(10)17(22)20-9-15-11(2)21-12(3)25-15/h7,13,19H,4-6,8-9H2,1-3H3,(H,20,22). The second kappa shape index (κ2) is 7.49. The SMILES string of the molecule is Cc1nc(C)c(CNC(=O)c2c(C)cc(C3CCCNC3)oc2=O)s1. The van der Waals surface area contributed by atoms with Crippen LogP contribution >= 0.6 is 11.3 Å². The number of hydrogen-bond donors (Lipinski definition) is 2. The number of carbonyl (C=O) groups is 1. The Kier molecular flexibility index (Phi) is 5.34. The summed E-state index contributed by atoms with van der Waals surface area (Å²) >= 11 is 1.55. The van der Waals surface area contributed by atoms with E-state index < -0.39 is 11.5 Å². The van der Waals surface area contributed by atoms with Gasteiger partial charge in [0.2, 0.25) is 0 Å². The lowest BCUT2D eigenvalue weighted by Crippen LogP contribution is -2.31. The first kappa shape index (κ1) is 17.8. The number of nitrogens with one attached hydrogen (secondary N) is 2. The molecule has 2 aromatic heterocycles. The molecule has 6 nitrogen and oxygen atoms in total. The monoisotopic (exact) mass is 361 g/mol. The van der Waals surface area contributed by atoms with E-state index in [9.17, 15) is 9.59 Å². The fraction of sp³-hybridized carbons (Fsp3) is 0.500. The van der Waals surface area contributed by atoms with Crippen molar-refractivity contribution in [3.8, 4) is 0 Å². The first-order chi connectivity index (χ1) is 12.0. The molecule has 1 fully saturated rings. The quantitative estimate of drug-likeness (QED) is 0.874. The van der Waals surface area contributed by atoms with Crippen molar-refractivity contribution in [1.82, 2.24) is 15.6 Å². The van der Waals surface area contributed by atoms with E-state index in [4.69, 9.17) is 4.42 Å². The molecule has 1 amide bonds. The van der Waals surface area contributed by atoms with E-state index in [1.165, 1.54) is 0 Å². The molecular formula is C18H23N3O3S. The lowest BCUT2D eigenvalue weighted by molar-refractivity contribution is 0.0946. The van der Waals surface area contributed by atoms with Gasteiger partial charge in [0, 0.05) is 17.3 Å². The van der Waals surface area contributed by atoms with Gasteiger partial charge in [-0.15, -0.1) is 11.3 Å². The predicted octanol–water partition coefficient (Wildman–Crippen LogP) is 2.42.